The van der Waals surface area contributed by atoms with Crippen LogP contribution < -0.4 is 5.73 Å². The van der Waals surface area contributed by atoms with Gasteiger partial charge in [-0.25, -0.2) is 0 Å². The Morgan fingerprint density at radius 3 is 2.42 bits per heavy atom. The normalized spacial score (nSPS) is 14.8. The zero-order valence-corrected chi connectivity index (χ0v) is 14.7. The van der Waals surface area contributed by atoms with E-state index in [0.29, 0.717) is 19.5 Å². The highest BCUT2D eigenvalue weighted by molar-refractivity contribution is 5.82. The van der Waals surface area contributed by atoms with Crippen molar-refractivity contribution in [2.45, 2.75) is 25.9 Å². The first-order valence-corrected chi connectivity index (χ1v) is 8.81. The van der Waals surface area contributed by atoms with E-state index in [1.165, 1.54) is 5.56 Å². The summed E-state index contributed by atoms with van der Waals surface area (Å²) >= 11 is 0. The van der Waals surface area contributed by atoms with Crippen molar-refractivity contribution in [1.82, 2.24) is 10.1 Å². The van der Waals surface area contributed by atoms with E-state index < -0.39 is 6.04 Å². The third kappa shape index (κ3) is 3.02. The Balaban J connectivity index is 1.62. The molecule has 2 N–H and O–H groups in total. The first-order chi connectivity index (χ1) is 12.6. The van der Waals surface area contributed by atoms with E-state index >= 15 is 0 Å². The molecule has 132 valence electrons. The van der Waals surface area contributed by atoms with Crippen molar-refractivity contribution in [1.29, 1.82) is 0 Å². The summed E-state index contributed by atoms with van der Waals surface area (Å²) in [5, 5.41) is 4.26. The number of nitrogens with zero attached hydrogens (tertiary/aromatic N) is 2. The van der Waals surface area contributed by atoms with Gasteiger partial charge in [-0.1, -0.05) is 59.8 Å². The van der Waals surface area contributed by atoms with Crippen molar-refractivity contribution in [2.24, 2.45) is 5.73 Å². The molecule has 26 heavy (non-hydrogen) atoms. The van der Waals surface area contributed by atoms with Crippen LogP contribution in [0.4, 0.5) is 0 Å². The summed E-state index contributed by atoms with van der Waals surface area (Å²) in [6.45, 7) is 2.83. The van der Waals surface area contributed by atoms with Crippen LogP contribution in [0.1, 0.15) is 18.2 Å². The molecule has 4 rings (SSSR count). The Hall–Kier alpha value is -2.92. The highest BCUT2D eigenvalue weighted by atomic mass is 16.5. The molecule has 1 aliphatic rings. The maximum atomic E-state index is 12.2. The molecule has 0 saturated heterocycles. The quantitative estimate of drug-likeness (QED) is 0.789. The number of amides is 1. The number of fused-ring (bicyclic) bond motifs is 1. The molecule has 0 fully saturated rings. The molecule has 1 aromatic heterocycles. The number of aromatic nitrogens is 1. The second-order valence-corrected chi connectivity index (χ2v) is 6.67. The van der Waals surface area contributed by atoms with Gasteiger partial charge in [-0.05, 0) is 18.1 Å². The second-order valence-electron chi connectivity index (χ2n) is 6.67. The number of carbonyl (C=O) groups excluding carboxylic acids is 1. The van der Waals surface area contributed by atoms with Gasteiger partial charge in [-0.15, -0.1) is 0 Å². The molecule has 2 heterocycles. The van der Waals surface area contributed by atoms with Crippen LogP contribution in [-0.4, -0.2) is 28.6 Å². The van der Waals surface area contributed by atoms with Crippen LogP contribution in [-0.2, 0) is 17.8 Å². The maximum absolute atomic E-state index is 12.2. The lowest BCUT2D eigenvalue weighted by Gasteiger charge is -2.27. The Kier molecular flexibility index (Phi) is 4.31. The molecule has 0 bridgehead atoms. The van der Waals surface area contributed by atoms with E-state index in [1.54, 1.807) is 11.8 Å². The smallest absolute Gasteiger partial charge is 0.239 e. The molecule has 3 aromatic rings. The van der Waals surface area contributed by atoms with E-state index in [-0.39, 0.29) is 5.91 Å². The number of rotatable bonds is 3. The lowest BCUT2D eigenvalue weighted by Crippen LogP contribution is -2.44. The van der Waals surface area contributed by atoms with Crippen LogP contribution in [0.15, 0.2) is 59.1 Å². The average molecular weight is 347 g/mol. The van der Waals surface area contributed by atoms with E-state index in [9.17, 15) is 4.79 Å². The summed E-state index contributed by atoms with van der Waals surface area (Å²) < 4.78 is 5.53. The minimum Gasteiger partial charge on any atom is -0.360 e. The van der Waals surface area contributed by atoms with Crippen LogP contribution in [0.5, 0.6) is 0 Å². The molecule has 0 aliphatic carbocycles. The Labute approximate surface area is 152 Å². The van der Waals surface area contributed by atoms with Crippen molar-refractivity contribution < 1.29 is 9.32 Å². The molecule has 1 amide bonds. The van der Waals surface area contributed by atoms with E-state index in [0.717, 1.165) is 28.1 Å². The van der Waals surface area contributed by atoms with Crippen molar-refractivity contribution >= 4 is 5.91 Å². The van der Waals surface area contributed by atoms with Gasteiger partial charge in [0.1, 0.15) is 11.5 Å². The largest absolute Gasteiger partial charge is 0.360 e. The fourth-order valence-electron chi connectivity index (χ4n) is 3.36. The molecular formula is C21H21N3O2. The van der Waals surface area contributed by atoms with Crippen molar-refractivity contribution in [2.75, 3.05) is 6.54 Å². The first kappa shape index (κ1) is 16.5. The van der Waals surface area contributed by atoms with Gasteiger partial charge < -0.3 is 15.2 Å². The Bertz CT molecular complexity index is 914. The van der Waals surface area contributed by atoms with Crippen molar-refractivity contribution in [3.63, 3.8) is 0 Å². The highest BCUT2D eigenvalue weighted by Gasteiger charge is 2.28. The summed E-state index contributed by atoms with van der Waals surface area (Å²) in [6, 6.07) is 18.0. The van der Waals surface area contributed by atoms with Crippen LogP contribution in [0.2, 0.25) is 0 Å². The molecule has 0 radical (unpaired) electrons. The van der Waals surface area contributed by atoms with Gasteiger partial charge in [0, 0.05) is 24.1 Å². The third-order valence-electron chi connectivity index (χ3n) is 4.79. The van der Waals surface area contributed by atoms with E-state index in [1.807, 2.05) is 30.3 Å². The summed E-state index contributed by atoms with van der Waals surface area (Å²) in [5.41, 5.74) is 10.9. The Morgan fingerprint density at radius 2 is 1.73 bits per heavy atom. The van der Waals surface area contributed by atoms with Crippen molar-refractivity contribution in [3.05, 3.63) is 65.9 Å². The number of benzene rings is 2. The summed E-state index contributed by atoms with van der Waals surface area (Å²) in [4.78, 5) is 14.0. The molecule has 2 aromatic carbocycles. The fraction of sp³-hybridized carbons (Fsp3) is 0.238. The molecule has 5 nitrogen and oxygen atoms in total. The predicted molar refractivity (Wildman–Crippen MR) is 100 cm³/mol. The lowest BCUT2D eigenvalue weighted by molar-refractivity contribution is -0.133. The molecule has 0 spiro atoms. The molecule has 5 heteroatoms. The van der Waals surface area contributed by atoms with Gasteiger partial charge in [0.15, 0.2) is 0 Å². The number of hydrogen-bond donors (Lipinski definition) is 1. The first-order valence-electron chi connectivity index (χ1n) is 8.81. The number of carbonyl (C=O) groups is 1. The van der Waals surface area contributed by atoms with Crippen LogP contribution in [0.3, 0.4) is 0 Å². The summed E-state index contributed by atoms with van der Waals surface area (Å²) in [7, 11) is 0. The summed E-state index contributed by atoms with van der Waals surface area (Å²) in [6.07, 6.45) is 0.670. The zero-order valence-electron chi connectivity index (χ0n) is 14.7. The van der Waals surface area contributed by atoms with Gasteiger partial charge >= 0.3 is 0 Å². The van der Waals surface area contributed by atoms with Gasteiger partial charge in [0.2, 0.25) is 5.91 Å². The molecule has 0 unspecified atom stereocenters. The van der Waals surface area contributed by atoms with Crippen LogP contribution in [0, 0.1) is 0 Å². The monoisotopic (exact) mass is 347 g/mol. The molecule has 1 atom stereocenters. The van der Waals surface area contributed by atoms with E-state index in [4.69, 9.17) is 10.3 Å². The van der Waals surface area contributed by atoms with Crippen LogP contribution in [0.25, 0.3) is 22.4 Å². The van der Waals surface area contributed by atoms with E-state index in [2.05, 4.69) is 29.4 Å². The minimum absolute atomic E-state index is 0.0396. The lowest BCUT2D eigenvalue weighted by atomic mass is 9.98. The van der Waals surface area contributed by atoms with Gasteiger partial charge in [-0.3, -0.25) is 4.79 Å². The van der Waals surface area contributed by atoms with Crippen LogP contribution >= 0.6 is 0 Å². The maximum Gasteiger partial charge on any atom is 0.239 e. The third-order valence-corrected chi connectivity index (χ3v) is 4.79. The van der Waals surface area contributed by atoms with Crippen molar-refractivity contribution in [3.8, 4) is 22.4 Å². The van der Waals surface area contributed by atoms with Gasteiger partial charge in [0.25, 0.3) is 0 Å². The molecule has 1 aliphatic heterocycles. The number of nitrogens with two attached hydrogens (primary N) is 1. The predicted octanol–water partition coefficient (Wildman–Crippen LogP) is 3.24. The summed E-state index contributed by atoms with van der Waals surface area (Å²) in [5.74, 6) is 0.822. The SMILES string of the molecule is C[C@@H](N)C(=O)N1CCc2onc(-c3ccc(-c4ccccc4)cc3)c2C1. The fourth-order valence-corrected chi connectivity index (χ4v) is 3.36. The average Bonchev–Trinajstić information content (AvgIpc) is 3.11. The Morgan fingerprint density at radius 1 is 1.08 bits per heavy atom. The van der Waals surface area contributed by atoms with Gasteiger partial charge in [0.05, 0.1) is 12.6 Å². The zero-order chi connectivity index (χ0) is 18.1. The molecular weight excluding hydrogens is 326 g/mol. The van der Waals surface area contributed by atoms with Gasteiger partial charge in [-0.2, -0.15) is 0 Å². The number of hydrogen-bond acceptors (Lipinski definition) is 4. The molecule has 0 saturated carbocycles. The second kappa shape index (κ2) is 6.77. The topological polar surface area (TPSA) is 72.4 Å². The minimum atomic E-state index is -0.495. The standard InChI is InChI=1S/C21H21N3O2/c1-14(22)21(25)24-12-11-19-18(13-24)20(23-26-19)17-9-7-16(8-10-17)15-5-3-2-4-6-15/h2-10,14H,11-13,22H2,1H3/t14-/m1/s1. The highest BCUT2D eigenvalue weighted by Crippen LogP contribution is 2.31.